The predicted molar refractivity (Wildman–Crippen MR) is 62.0 cm³/mol. The molecule has 0 saturated carbocycles. The van der Waals surface area contributed by atoms with Gasteiger partial charge in [-0.15, -0.1) is 0 Å². The highest BCUT2D eigenvalue weighted by atomic mass is 16.4. The molecule has 0 rings (SSSR count). The van der Waals surface area contributed by atoms with Crippen molar-refractivity contribution < 1.29 is 5.21 Å². The van der Waals surface area contributed by atoms with Crippen molar-refractivity contribution in [2.45, 2.75) is 58.3 Å². The molecule has 82 valence electrons. The molecule has 0 aromatic rings. The van der Waals surface area contributed by atoms with E-state index in [1.807, 2.05) is 0 Å². The molecule has 0 amide bonds. The summed E-state index contributed by atoms with van der Waals surface area (Å²) in [5, 5.41) is 11.2. The van der Waals surface area contributed by atoms with E-state index in [9.17, 15) is 0 Å². The highest BCUT2D eigenvalue weighted by molar-refractivity contribution is 5.76. The minimum Gasteiger partial charge on any atom is -0.411 e. The molecule has 2 heteroatoms. The number of rotatable bonds is 9. The summed E-state index contributed by atoms with van der Waals surface area (Å²) >= 11 is 0. The first-order valence-electron chi connectivity index (χ1n) is 5.66. The Hall–Kier alpha value is -0.790. The van der Waals surface area contributed by atoms with Crippen molar-refractivity contribution in [3.63, 3.8) is 0 Å². The summed E-state index contributed by atoms with van der Waals surface area (Å²) in [6.07, 6.45) is 11.5. The van der Waals surface area contributed by atoms with E-state index in [1.54, 1.807) is 0 Å². The van der Waals surface area contributed by atoms with Crippen molar-refractivity contribution in [1.29, 1.82) is 0 Å². The third-order valence-corrected chi connectivity index (χ3v) is 2.34. The van der Waals surface area contributed by atoms with Crippen LogP contribution in [-0.2, 0) is 0 Å². The van der Waals surface area contributed by atoms with E-state index in [0.717, 1.165) is 18.4 Å². The van der Waals surface area contributed by atoms with Crippen molar-refractivity contribution in [3.05, 3.63) is 12.2 Å². The maximum atomic E-state index is 8.25. The van der Waals surface area contributed by atoms with Gasteiger partial charge in [0.05, 0.1) is 6.21 Å². The van der Waals surface area contributed by atoms with Gasteiger partial charge in [-0.1, -0.05) is 57.2 Å². The zero-order chi connectivity index (χ0) is 10.6. The number of hydrogen-bond acceptors (Lipinski definition) is 2. The molecule has 0 heterocycles. The zero-order valence-electron chi connectivity index (χ0n) is 9.34. The Morgan fingerprint density at radius 2 is 1.71 bits per heavy atom. The third-order valence-electron chi connectivity index (χ3n) is 2.34. The van der Waals surface area contributed by atoms with Gasteiger partial charge in [-0.25, -0.2) is 0 Å². The van der Waals surface area contributed by atoms with Crippen molar-refractivity contribution >= 4 is 6.21 Å². The SMILES string of the molecule is C=C(C=NO)CCCCCCCCC. The molecular weight excluding hydrogens is 174 g/mol. The van der Waals surface area contributed by atoms with Gasteiger partial charge in [0.25, 0.3) is 0 Å². The van der Waals surface area contributed by atoms with Gasteiger partial charge in [0, 0.05) is 0 Å². The first-order chi connectivity index (χ1) is 6.81. The lowest BCUT2D eigenvalue weighted by Crippen LogP contribution is -1.85. The van der Waals surface area contributed by atoms with Gasteiger partial charge in [-0.3, -0.25) is 0 Å². The van der Waals surface area contributed by atoms with Crippen molar-refractivity contribution in [1.82, 2.24) is 0 Å². The summed E-state index contributed by atoms with van der Waals surface area (Å²) in [5.41, 5.74) is 0.918. The molecule has 2 nitrogen and oxygen atoms in total. The Balaban J connectivity index is 3.09. The quantitative estimate of drug-likeness (QED) is 0.256. The van der Waals surface area contributed by atoms with Gasteiger partial charge in [-0.2, -0.15) is 0 Å². The fourth-order valence-corrected chi connectivity index (χ4v) is 1.46. The summed E-state index contributed by atoms with van der Waals surface area (Å²) < 4.78 is 0. The summed E-state index contributed by atoms with van der Waals surface area (Å²) in [7, 11) is 0. The predicted octanol–water partition coefficient (Wildman–Crippen LogP) is 4.14. The minimum atomic E-state index is 0.918. The van der Waals surface area contributed by atoms with Gasteiger partial charge in [0.2, 0.25) is 0 Å². The molecule has 0 aliphatic heterocycles. The largest absolute Gasteiger partial charge is 0.411 e. The van der Waals surface area contributed by atoms with Crippen LogP contribution in [0.1, 0.15) is 58.3 Å². The lowest BCUT2D eigenvalue weighted by molar-refractivity contribution is 0.321. The first kappa shape index (κ1) is 13.2. The Morgan fingerprint density at radius 3 is 2.29 bits per heavy atom. The lowest BCUT2D eigenvalue weighted by Gasteiger charge is -2.00. The number of nitrogens with zero attached hydrogens (tertiary/aromatic N) is 1. The van der Waals surface area contributed by atoms with E-state index in [2.05, 4.69) is 18.7 Å². The zero-order valence-corrected chi connectivity index (χ0v) is 9.34. The Bertz CT molecular complexity index is 164. The van der Waals surface area contributed by atoms with Gasteiger partial charge < -0.3 is 5.21 Å². The topological polar surface area (TPSA) is 32.6 Å². The fourth-order valence-electron chi connectivity index (χ4n) is 1.46. The second-order valence-corrected chi connectivity index (χ2v) is 3.77. The highest BCUT2D eigenvalue weighted by Crippen LogP contribution is 2.10. The van der Waals surface area contributed by atoms with Crippen LogP contribution < -0.4 is 0 Å². The molecule has 0 atom stereocenters. The monoisotopic (exact) mass is 197 g/mol. The molecule has 0 aliphatic carbocycles. The van der Waals surface area contributed by atoms with Crippen LogP contribution in [0, 0.1) is 0 Å². The number of allylic oxidation sites excluding steroid dienone is 1. The van der Waals surface area contributed by atoms with Crippen molar-refractivity contribution in [3.8, 4) is 0 Å². The fraction of sp³-hybridized carbons (Fsp3) is 0.750. The van der Waals surface area contributed by atoms with Crippen LogP contribution in [0.2, 0.25) is 0 Å². The third kappa shape index (κ3) is 9.30. The molecule has 0 aromatic heterocycles. The first-order valence-corrected chi connectivity index (χ1v) is 5.66. The van der Waals surface area contributed by atoms with Crippen molar-refractivity contribution in [2.24, 2.45) is 5.16 Å². The molecule has 0 saturated heterocycles. The number of oxime groups is 1. The summed E-state index contributed by atoms with van der Waals surface area (Å²) in [6, 6.07) is 0. The van der Waals surface area contributed by atoms with E-state index in [0.29, 0.717) is 0 Å². The van der Waals surface area contributed by atoms with E-state index < -0.39 is 0 Å². The standard InChI is InChI=1S/C12H23NO/c1-3-4-5-6-7-8-9-10-12(2)11-13-14/h11,14H,2-10H2,1H3. The maximum Gasteiger partial charge on any atom is 0.0687 e. The van der Waals surface area contributed by atoms with Gasteiger partial charge in [0.15, 0.2) is 0 Å². The molecule has 0 unspecified atom stereocenters. The van der Waals surface area contributed by atoms with Gasteiger partial charge >= 0.3 is 0 Å². The van der Waals surface area contributed by atoms with Crippen LogP contribution in [0.3, 0.4) is 0 Å². The molecule has 1 N–H and O–H groups in total. The summed E-state index contributed by atoms with van der Waals surface area (Å²) in [6.45, 7) is 6.02. The van der Waals surface area contributed by atoms with Crippen LogP contribution in [0.15, 0.2) is 17.3 Å². The smallest absolute Gasteiger partial charge is 0.0687 e. The Labute approximate surface area is 87.7 Å². The van der Waals surface area contributed by atoms with Crippen LogP contribution >= 0.6 is 0 Å². The molecular formula is C12H23NO. The van der Waals surface area contributed by atoms with Crippen LogP contribution in [0.4, 0.5) is 0 Å². The molecule has 0 radical (unpaired) electrons. The molecule has 0 bridgehead atoms. The number of hydrogen-bond donors (Lipinski definition) is 1. The normalized spacial score (nSPS) is 10.9. The molecule has 14 heavy (non-hydrogen) atoms. The van der Waals surface area contributed by atoms with Gasteiger partial charge in [-0.05, 0) is 18.4 Å². The Morgan fingerprint density at radius 1 is 1.14 bits per heavy atom. The van der Waals surface area contributed by atoms with E-state index >= 15 is 0 Å². The van der Waals surface area contributed by atoms with Crippen LogP contribution in [0.25, 0.3) is 0 Å². The molecule has 0 spiro atoms. The van der Waals surface area contributed by atoms with E-state index in [-0.39, 0.29) is 0 Å². The second-order valence-electron chi connectivity index (χ2n) is 3.77. The van der Waals surface area contributed by atoms with Gasteiger partial charge in [0.1, 0.15) is 0 Å². The average molecular weight is 197 g/mol. The molecule has 0 aromatic carbocycles. The van der Waals surface area contributed by atoms with E-state index in [1.165, 1.54) is 44.7 Å². The summed E-state index contributed by atoms with van der Waals surface area (Å²) in [5.74, 6) is 0. The van der Waals surface area contributed by atoms with Crippen LogP contribution in [-0.4, -0.2) is 11.4 Å². The van der Waals surface area contributed by atoms with Crippen LogP contribution in [0.5, 0.6) is 0 Å². The average Bonchev–Trinajstić information content (AvgIpc) is 2.17. The molecule has 0 fully saturated rings. The maximum absolute atomic E-state index is 8.25. The second kappa shape index (κ2) is 10.3. The van der Waals surface area contributed by atoms with Crippen molar-refractivity contribution in [2.75, 3.05) is 0 Å². The molecule has 0 aliphatic rings. The minimum absolute atomic E-state index is 0.918. The summed E-state index contributed by atoms with van der Waals surface area (Å²) in [4.78, 5) is 0. The van der Waals surface area contributed by atoms with E-state index in [4.69, 9.17) is 5.21 Å². The highest BCUT2D eigenvalue weighted by Gasteiger charge is 1.92. The lowest BCUT2D eigenvalue weighted by atomic mass is 10.1. The Kier molecular flexibility index (Phi) is 9.71. The number of unbranched alkanes of at least 4 members (excludes halogenated alkanes) is 6.